The van der Waals surface area contributed by atoms with Crippen molar-refractivity contribution in [1.29, 1.82) is 0 Å². The molecule has 1 aliphatic carbocycles. The minimum Gasteiger partial charge on any atom is -0.444 e. The Morgan fingerprint density at radius 1 is 1.20 bits per heavy atom. The molecule has 1 aliphatic rings. The van der Waals surface area contributed by atoms with Gasteiger partial charge in [0.15, 0.2) is 0 Å². The zero-order valence-corrected chi connectivity index (χ0v) is 20.4. The van der Waals surface area contributed by atoms with Crippen LogP contribution in [0.5, 0.6) is 0 Å². The summed E-state index contributed by atoms with van der Waals surface area (Å²) in [6.07, 6.45) is 3.92. The second kappa shape index (κ2) is 9.01. The number of rotatable bonds is 6. The summed E-state index contributed by atoms with van der Waals surface area (Å²) in [6.45, 7) is 8.86. The smallest absolute Gasteiger partial charge is 0.412 e. The molecule has 184 valence electrons. The van der Waals surface area contributed by atoms with E-state index in [1.54, 1.807) is 52.2 Å². The number of anilines is 2. The van der Waals surface area contributed by atoms with Crippen LogP contribution in [0.3, 0.4) is 0 Å². The average molecular weight is 480 g/mol. The number of aromatic nitrogens is 2. The van der Waals surface area contributed by atoms with Gasteiger partial charge in [0.25, 0.3) is 6.01 Å². The van der Waals surface area contributed by atoms with Gasteiger partial charge in [0.05, 0.1) is 16.9 Å². The van der Waals surface area contributed by atoms with E-state index in [0.29, 0.717) is 29.6 Å². The van der Waals surface area contributed by atoms with Gasteiger partial charge in [0.1, 0.15) is 11.1 Å². The lowest BCUT2D eigenvalue weighted by Crippen LogP contribution is -2.43. The van der Waals surface area contributed by atoms with Gasteiger partial charge in [-0.2, -0.15) is 4.98 Å². The van der Waals surface area contributed by atoms with Crippen molar-refractivity contribution >= 4 is 34.6 Å². The predicted molar refractivity (Wildman–Crippen MR) is 131 cm³/mol. The Hall–Kier alpha value is -3.95. The van der Waals surface area contributed by atoms with Crippen LogP contribution in [-0.4, -0.2) is 33.1 Å². The first kappa shape index (κ1) is 24.2. The second-order valence-corrected chi connectivity index (χ2v) is 9.75. The Kier molecular flexibility index (Phi) is 6.23. The lowest BCUT2D eigenvalue weighted by atomic mass is 10.1. The molecule has 10 heteroatoms. The van der Waals surface area contributed by atoms with Gasteiger partial charge >= 0.3 is 11.7 Å². The molecule has 0 saturated heterocycles. The Morgan fingerprint density at radius 3 is 2.57 bits per heavy atom. The zero-order chi connectivity index (χ0) is 25.4. The summed E-state index contributed by atoms with van der Waals surface area (Å²) in [5.74, 6) is -0.202. The number of carbonyl (C=O) groups excluding carboxylic acids is 2. The van der Waals surface area contributed by atoms with E-state index >= 15 is 0 Å². The molecule has 0 aliphatic heterocycles. The number of hydrogen-bond donors (Lipinski definition) is 3. The standard InChI is InChI=1S/C25H29N5O5/c1-14-17(29-23(33)35-24(3,4)5)8-9-18-19(14)20(31)34-22(28-18)30-25(10-11-25)21(32)27-15(2)16-7-6-12-26-13-16/h6-9,12-13,15H,10-11H2,1-5H3,(H,27,32)(H,28,30)(H,29,33). The molecule has 1 fully saturated rings. The Morgan fingerprint density at radius 2 is 1.94 bits per heavy atom. The maximum Gasteiger partial charge on any atom is 0.412 e. The molecule has 1 unspecified atom stereocenters. The largest absolute Gasteiger partial charge is 0.444 e. The van der Waals surface area contributed by atoms with Crippen LogP contribution in [0, 0.1) is 6.92 Å². The van der Waals surface area contributed by atoms with Crippen LogP contribution in [0.25, 0.3) is 10.9 Å². The molecule has 2 heterocycles. The fourth-order valence-corrected chi connectivity index (χ4v) is 3.71. The number of nitrogens with zero attached hydrogens (tertiary/aromatic N) is 2. The first-order valence-corrected chi connectivity index (χ1v) is 11.4. The molecule has 2 aromatic heterocycles. The number of aryl methyl sites for hydroxylation is 1. The molecule has 1 saturated carbocycles. The fraction of sp³-hybridized carbons (Fsp3) is 0.400. The van der Waals surface area contributed by atoms with Gasteiger partial charge in [-0.25, -0.2) is 9.59 Å². The summed E-state index contributed by atoms with van der Waals surface area (Å²) in [6, 6.07) is 6.70. The Labute approximate surface area is 202 Å². The minimum absolute atomic E-state index is 0.0311. The van der Waals surface area contributed by atoms with Crippen LogP contribution in [0.2, 0.25) is 0 Å². The quantitative estimate of drug-likeness (QED) is 0.482. The number of pyridine rings is 1. The average Bonchev–Trinajstić information content (AvgIpc) is 3.55. The minimum atomic E-state index is -0.889. The van der Waals surface area contributed by atoms with E-state index in [-0.39, 0.29) is 23.3 Å². The van der Waals surface area contributed by atoms with Gasteiger partial charge in [-0.1, -0.05) is 6.07 Å². The number of benzene rings is 1. The van der Waals surface area contributed by atoms with Crippen LogP contribution < -0.4 is 21.6 Å². The maximum atomic E-state index is 13.0. The number of nitrogens with one attached hydrogen (secondary N) is 3. The van der Waals surface area contributed by atoms with Crippen molar-refractivity contribution in [2.45, 2.75) is 64.6 Å². The van der Waals surface area contributed by atoms with Crippen molar-refractivity contribution in [2.24, 2.45) is 0 Å². The van der Waals surface area contributed by atoms with E-state index in [0.717, 1.165) is 5.56 Å². The van der Waals surface area contributed by atoms with E-state index in [4.69, 9.17) is 9.15 Å². The zero-order valence-electron chi connectivity index (χ0n) is 20.4. The van der Waals surface area contributed by atoms with E-state index in [2.05, 4.69) is 25.9 Å². The van der Waals surface area contributed by atoms with Crippen molar-refractivity contribution in [3.63, 3.8) is 0 Å². The first-order valence-electron chi connectivity index (χ1n) is 11.4. The SMILES string of the molecule is Cc1c(NC(=O)OC(C)(C)C)ccc2nc(NC3(C(=O)NC(C)c4cccnc4)CC3)oc(=O)c12. The third kappa shape index (κ3) is 5.42. The highest BCUT2D eigenvalue weighted by Crippen LogP contribution is 2.39. The Balaban J connectivity index is 1.52. The molecule has 3 aromatic rings. The normalized spacial score (nSPS) is 15.2. The highest BCUT2D eigenvalue weighted by Gasteiger charge is 2.51. The monoisotopic (exact) mass is 479 g/mol. The molecule has 3 N–H and O–H groups in total. The summed E-state index contributed by atoms with van der Waals surface area (Å²) < 4.78 is 10.7. The van der Waals surface area contributed by atoms with Crippen LogP contribution in [-0.2, 0) is 9.53 Å². The van der Waals surface area contributed by atoms with E-state index in [1.165, 1.54) is 0 Å². The molecule has 10 nitrogen and oxygen atoms in total. The van der Waals surface area contributed by atoms with Crippen LogP contribution >= 0.6 is 0 Å². The predicted octanol–water partition coefficient (Wildman–Crippen LogP) is 4.06. The number of ether oxygens (including phenoxy) is 1. The second-order valence-electron chi connectivity index (χ2n) is 9.75. The molecular weight excluding hydrogens is 450 g/mol. The Bertz CT molecular complexity index is 1330. The van der Waals surface area contributed by atoms with Gasteiger partial charge < -0.3 is 19.8 Å². The van der Waals surface area contributed by atoms with Crippen molar-refractivity contribution in [2.75, 3.05) is 10.6 Å². The van der Waals surface area contributed by atoms with Crippen molar-refractivity contribution < 1.29 is 18.7 Å². The third-order valence-corrected chi connectivity index (χ3v) is 5.76. The lowest BCUT2D eigenvalue weighted by molar-refractivity contribution is -0.123. The molecule has 0 radical (unpaired) electrons. The molecule has 35 heavy (non-hydrogen) atoms. The third-order valence-electron chi connectivity index (χ3n) is 5.76. The van der Waals surface area contributed by atoms with Crippen molar-refractivity contribution in [1.82, 2.24) is 15.3 Å². The number of fused-ring (bicyclic) bond motifs is 1. The van der Waals surface area contributed by atoms with Crippen LogP contribution in [0.4, 0.5) is 16.5 Å². The molecule has 0 spiro atoms. The molecule has 4 rings (SSSR count). The summed E-state index contributed by atoms with van der Waals surface area (Å²) in [5.41, 5.74) is 0.0308. The van der Waals surface area contributed by atoms with Gasteiger partial charge in [0, 0.05) is 18.1 Å². The van der Waals surface area contributed by atoms with Gasteiger partial charge in [-0.05, 0) is 76.8 Å². The van der Waals surface area contributed by atoms with E-state index in [1.807, 2.05) is 19.1 Å². The number of hydrogen-bond acceptors (Lipinski definition) is 8. The lowest BCUT2D eigenvalue weighted by Gasteiger charge is -2.21. The molecular formula is C25H29N5O5. The molecule has 0 bridgehead atoms. The molecule has 2 amide bonds. The summed E-state index contributed by atoms with van der Waals surface area (Å²) in [4.78, 5) is 46.4. The maximum absolute atomic E-state index is 13.0. The van der Waals surface area contributed by atoms with Gasteiger partial charge in [-0.3, -0.25) is 15.1 Å². The number of amides is 2. The highest BCUT2D eigenvalue weighted by molar-refractivity contribution is 5.94. The van der Waals surface area contributed by atoms with Crippen LogP contribution in [0.1, 0.15) is 57.7 Å². The molecule has 1 atom stereocenters. The van der Waals surface area contributed by atoms with Crippen LogP contribution in [0.15, 0.2) is 45.9 Å². The van der Waals surface area contributed by atoms with E-state index in [9.17, 15) is 14.4 Å². The summed E-state index contributed by atoms with van der Waals surface area (Å²) in [7, 11) is 0. The number of carbonyl (C=O) groups is 2. The highest BCUT2D eigenvalue weighted by atomic mass is 16.6. The summed E-state index contributed by atoms with van der Waals surface area (Å²) >= 11 is 0. The molecule has 1 aromatic carbocycles. The van der Waals surface area contributed by atoms with Gasteiger partial charge in [0.2, 0.25) is 5.91 Å². The fourth-order valence-electron chi connectivity index (χ4n) is 3.71. The van der Waals surface area contributed by atoms with Gasteiger partial charge in [-0.15, -0.1) is 0 Å². The topological polar surface area (TPSA) is 135 Å². The van der Waals surface area contributed by atoms with E-state index < -0.39 is 22.9 Å². The van der Waals surface area contributed by atoms with Crippen molar-refractivity contribution in [3.05, 3.63) is 58.2 Å². The summed E-state index contributed by atoms with van der Waals surface area (Å²) in [5, 5.41) is 8.89. The first-order chi connectivity index (χ1) is 16.5. The van der Waals surface area contributed by atoms with Crippen molar-refractivity contribution in [3.8, 4) is 0 Å².